The SMILES string of the molecule is O=c1[nH]c(CSc2nc3cc(F)c(F)cc3[nH]2)nc2c1oc1ccccc12. The van der Waals surface area contributed by atoms with Crippen molar-refractivity contribution in [1.82, 2.24) is 19.9 Å². The van der Waals surface area contributed by atoms with Gasteiger partial charge in [-0.05, 0) is 12.1 Å². The molecule has 0 atom stereocenters. The first-order valence-corrected chi connectivity index (χ1v) is 8.95. The normalized spacial score (nSPS) is 11.8. The maximum atomic E-state index is 13.3. The van der Waals surface area contributed by atoms with Crippen molar-refractivity contribution in [2.45, 2.75) is 10.9 Å². The average molecular weight is 384 g/mol. The first-order valence-electron chi connectivity index (χ1n) is 7.96. The monoisotopic (exact) mass is 384 g/mol. The smallest absolute Gasteiger partial charge is 0.294 e. The highest BCUT2D eigenvalue weighted by Gasteiger charge is 2.14. The van der Waals surface area contributed by atoms with Crippen LogP contribution in [0.25, 0.3) is 33.1 Å². The highest BCUT2D eigenvalue weighted by Crippen LogP contribution is 2.26. The number of para-hydroxylation sites is 1. The van der Waals surface area contributed by atoms with Crippen molar-refractivity contribution in [3.8, 4) is 0 Å². The van der Waals surface area contributed by atoms with Crippen molar-refractivity contribution in [2.75, 3.05) is 0 Å². The number of thioether (sulfide) groups is 1. The van der Waals surface area contributed by atoms with E-state index < -0.39 is 11.6 Å². The molecule has 0 radical (unpaired) electrons. The van der Waals surface area contributed by atoms with E-state index in [0.29, 0.717) is 38.9 Å². The Bertz CT molecular complexity index is 1350. The molecule has 0 spiro atoms. The number of benzene rings is 2. The van der Waals surface area contributed by atoms with Gasteiger partial charge >= 0.3 is 0 Å². The molecular weight excluding hydrogens is 374 g/mol. The van der Waals surface area contributed by atoms with E-state index in [0.717, 1.165) is 17.5 Å². The Hall–Kier alpha value is -3.20. The second kappa shape index (κ2) is 5.92. The van der Waals surface area contributed by atoms with Crippen LogP contribution in [0.5, 0.6) is 0 Å². The van der Waals surface area contributed by atoms with Gasteiger partial charge in [-0.3, -0.25) is 4.79 Å². The predicted molar refractivity (Wildman–Crippen MR) is 97.7 cm³/mol. The molecule has 0 aliphatic carbocycles. The van der Waals surface area contributed by atoms with E-state index in [2.05, 4.69) is 19.9 Å². The Labute approximate surface area is 153 Å². The molecule has 0 unspecified atom stereocenters. The summed E-state index contributed by atoms with van der Waals surface area (Å²) in [6.07, 6.45) is 0. The van der Waals surface area contributed by atoms with Crippen molar-refractivity contribution >= 4 is 44.9 Å². The number of rotatable bonds is 3. The van der Waals surface area contributed by atoms with Crippen molar-refractivity contribution in [3.05, 3.63) is 64.2 Å². The average Bonchev–Trinajstić information content (AvgIpc) is 3.22. The molecule has 0 aliphatic rings. The number of aromatic amines is 2. The van der Waals surface area contributed by atoms with E-state index in [1.54, 1.807) is 6.07 Å². The number of aromatic nitrogens is 4. The van der Waals surface area contributed by atoms with Crippen molar-refractivity contribution in [2.24, 2.45) is 0 Å². The third-order valence-corrected chi connectivity index (χ3v) is 5.01. The van der Waals surface area contributed by atoms with Gasteiger partial charge in [-0.25, -0.2) is 18.7 Å². The van der Waals surface area contributed by atoms with E-state index in [-0.39, 0.29) is 11.1 Å². The molecule has 0 saturated heterocycles. The fourth-order valence-corrected chi connectivity index (χ4v) is 3.66. The molecule has 0 saturated carbocycles. The molecule has 2 aromatic carbocycles. The van der Waals surface area contributed by atoms with Crippen LogP contribution in [-0.4, -0.2) is 19.9 Å². The maximum Gasteiger partial charge on any atom is 0.294 e. The number of fused-ring (bicyclic) bond motifs is 4. The summed E-state index contributed by atoms with van der Waals surface area (Å²) in [5, 5.41) is 1.23. The largest absolute Gasteiger partial charge is 0.449 e. The van der Waals surface area contributed by atoms with Crippen LogP contribution in [0.4, 0.5) is 8.78 Å². The van der Waals surface area contributed by atoms with Crippen LogP contribution in [0.15, 0.2) is 50.8 Å². The summed E-state index contributed by atoms with van der Waals surface area (Å²) in [5.41, 5.74) is 1.64. The Kier molecular flexibility index (Phi) is 3.51. The Balaban J connectivity index is 1.49. The first kappa shape index (κ1) is 16.0. The zero-order chi connectivity index (χ0) is 18.5. The van der Waals surface area contributed by atoms with Gasteiger partial charge in [-0.1, -0.05) is 23.9 Å². The van der Waals surface area contributed by atoms with E-state index in [1.165, 1.54) is 11.8 Å². The van der Waals surface area contributed by atoms with Crippen molar-refractivity contribution in [1.29, 1.82) is 0 Å². The molecule has 0 bridgehead atoms. The van der Waals surface area contributed by atoms with Gasteiger partial charge in [0.1, 0.15) is 16.9 Å². The fraction of sp³-hybridized carbons (Fsp3) is 0.0556. The lowest BCUT2D eigenvalue weighted by molar-refractivity contribution is 0.510. The van der Waals surface area contributed by atoms with E-state index in [4.69, 9.17) is 4.42 Å². The summed E-state index contributed by atoms with van der Waals surface area (Å²) < 4.78 is 32.2. The lowest BCUT2D eigenvalue weighted by atomic mass is 10.2. The summed E-state index contributed by atoms with van der Waals surface area (Å²) in [6.45, 7) is 0. The van der Waals surface area contributed by atoms with Crippen LogP contribution in [0.1, 0.15) is 5.82 Å². The van der Waals surface area contributed by atoms with Gasteiger partial charge in [0, 0.05) is 17.5 Å². The number of nitrogens with zero attached hydrogens (tertiary/aromatic N) is 2. The molecule has 6 nitrogen and oxygen atoms in total. The number of nitrogens with one attached hydrogen (secondary N) is 2. The van der Waals surface area contributed by atoms with Gasteiger partial charge in [0.05, 0.1) is 16.8 Å². The van der Waals surface area contributed by atoms with Crippen LogP contribution < -0.4 is 5.56 Å². The third kappa shape index (κ3) is 2.67. The number of imidazole rings is 1. The molecule has 5 rings (SSSR count). The topological polar surface area (TPSA) is 87.6 Å². The van der Waals surface area contributed by atoms with E-state index in [9.17, 15) is 13.6 Å². The molecule has 0 fully saturated rings. The minimum Gasteiger partial charge on any atom is -0.449 e. The second-order valence-corrected chi connectivity index (χ2v) is 6.87. The summed E-state index contributed by atoms with van der Waals surface area (Å²) in [4.78, 5) is 26.6. The van der Waals surface area contributed by atoms with Gasteiger partial charge in [0.25, 0.3) is 5.56 Å². The number of halogens is 2. The Morgan fingerprint density at radius 1 is 1.07 bits per heavy atom. The Morgan fingerprint density at radius 3 is 2.78 bits per heavy atom. The second-order valence-electron chi connectivity index (χ2n) is 5.90. The molecule has 9 heteroatoms. The van der Waals surface area contributed by atoms with E-state index in [1.807, 2.05) is 18.2 Å². The lowest BCUT2D eigenvalue weighted by Crippen LogP contribution is -2.10. The molecule has 3 heterocycles. The number of hydrogen-bond acceptors (Lipinski definition) is 5. The minimum atomic E-state index is -0.950. The fourth-order valence-electron chi connectivity index (χ4n) is 2.90. The predicted octanol–water partition coefficient (Wildman–Crippen LogP) is 4.12. The van der Waals surface area contributed by atoms with Crippen molar-refractivity contribution < 1.29 is 13.2 Å². The van der Waals surface area contributed by atoms with Crippen LogP contribution >= 0.6 is 11.8 Å². The van der Waals surface area contributed by atoms with Gasteiger partial charge in [0.15, 0.2) is 16.8 Å². The zero-order valence-electron chi connectivity index (χ0n) is 13.5. The molecule has 0 aliphatic heterocycles. The quantitative estimate of drug-likeness (QED) is 0.457. The van der Waals surface area contributed by atoms with Crippen molar-refractivity contribution in [3.63, 3.8) is 0 Å². The molecule has 27 heavy (non-hydrogen) atoms. The minimum absolute atomic E-state index is 0.180. The summed E-state index contributed by atoms with van der Waals surface area (Å²) in [5.74, 6) is -1.13. The van der Waals surface area contributed by atoms with Gasteiger partial charge in [0.2, 0.25) is 5.58 Å². The summed E-state index contributed by atoms with van der Waals surface area (Å²) in [7, 11) is 0. The highest BCUT2D eigenvalue weighted by molar-refractivity contribution is 7.98. The van der Waals surface area contributed by atoms with Gasteiger partial charge in [-0.2, -0.15) is 0 Å². The molecular formula is C18H10F2N4O2S. The Morgan fingerprint density at radius 2 is 1.89 bits per heavy atom. The van der Waals surface area contributed by atoms with Crippen LogP contribution in [0, 0.1) is 11.6 Å². The van der Waals surface area contributed by atoms with Gasteiger partial charge < -0.3 is 14.4 Å². The summed E-state index contributed by atoms with van der Waals surface area (Å²) in [6, 6.07) is 9.38. The zero-order valence-corrected chi connectivity index (χ0v) is 14.4. The molecule has 0 amide bonds. The van der Waals surface area contributed by atoms with Crippen LogP contribution in [0.2, 0.25) is 0 Å². The molecule has 3 aromatic heterocycles. The molecule has 5 aromatic rings. The van der Waals surface area contributed by atoms with E-state index >= 15 is 0 Å². The number of H-pyrrole nitrogens is 2. The first-order chi connectivity index (χ1) is 13.1. The molecule has 134 valence electrons. The standard InChI is InChI=1S/C18H10F2N4O2S/c19-9-5-11-12(6-10(9)20)22-18(21-11)27-7-14-23-15-8-3-1-2-4-13(8)26-16(15)17(25)24-14/h1-6H,7H2,(H,21,22)(H,23,24,25). The maximum absolute atomic E-state index is 13.3. The third-order valence-electron chi connectivity index (χ3n) is 4.13. The highest BCUT2D eigenvalue weighted by atomic mass is 32.2. The number of hydrogen-bond donors (Lipinski definition) is 2. The van der Waals surface area contributed by atoms with Crippen LogP contribution in [-0.2, 0) is 5.75 Å². The molecule has 2 N–H and O–H groups in total. The number of furan rings is 1. The lowest BCUT2D eigenvalue weighted by Gasteiger charge is -1.98. The summed E-state index contributed by atoms with van der Waals surface area (Å²) >= 11 is 1.26. The van der Waals surface area contributed by atoms with Gasteiger partial charge in [-0.15, -0.1) is 0 Å². The van der Waals surface area contributed by atoms with Crippen LogP contribution in [0.3, 0.4) is 0 Å².